The highest BCUT2D eigenvalue weighted by molar-refractivity contribution is 7.10. The van der Waals surface area contributed by atoms with Crippen molar-refractivity contribution in [1.29, 1.82) is 0 Å². The summed E-state index contributed by atoms with van der Waals surface area (Å²) in [5, 5.41) is 2.02. The van der Waals surface area contributed by atoms with E-state index in [4.69, 9.17) is 4.74 Å². The Kier molecular flexibility index (Phi) is 6.34. The number of hydrogen-bond donors (Lipinski definition) is 0. The van der Waals surface area contributed by atoms with Crippen LogP contribution < -0.4 is 4.74 Å². The molecule has 0 spiro atoms. The maximum atomic E-state index is 13.4. The van der Waals surface area contributed by atoms with Crippen LogP contribution in [0, 0.1) is 5.82 Å². The minimum atomic E-state index is -0.362. The minimum absolute atomic E-state index is 0.0446. The van der Waals surface area contributed by atoms with Crippen LogP contribution in [0.5, 0.6) is 5.75 Å². The standard InChI is InChI=1S/C21H25FN2O3S/c1-14(2)24(15(3)25)12-21(26)23-9-7-20-18(8-10-28-20)19(23)13-27-17-6-4-5-16(22)11-17/h4-6,8,10-11,14,19H,7,9,12-13H2,1-3H3. The molecule has 1 aliphatic rings. The van der Waals surface area contributed by atoms with Gasteiger partial charge in [-0.05, 0) is 49.4 Å². The van der Waals surface area contributed by atoms with Crippen molar-refractivity contribution >= 4 is 23.2 Å². The van der Waals surface area contributed by atoms with E-state index in [-0.39, 0.29) is 42.9 Å². The molecule has 3 rings (SSSR count). The summed E-state index contributed by atoms with van der Waals surface area (Å²) in [6.07, 6.45) is 0.789. The Hall–Kier alpha value is -2.41. The molecule has 2 amide bonds. The zero-order chi connectivity index (χ0) is 20.3. The fourth-order valence-corrected chi connectivity index (χ4v) is 4.43. The molecule has 0 N–H and O–H groups in total. The topological polar surface area (TPSA) is 49.9 Å². The molecule has 2 aromatic rings. The second-order valence-electron chi connectivity index (χ2n) is 7.16. The average Bonchev–Trinajstić information content (AvgIpc) is 3.12. The maximum absolute atomic E-state index is 13.4. The number of ether oxygens (including phenoxy) is 1. The number of rotatable bonds is 6. The molecule has 28 heavy (non-hydrogen) atoms. The molecule has 0 radical (unpaired) electrons. The van der Waals surface area contributed by atoms with Crippen molar-refractivity contribution in [3.05, 3.63) is 52.0 Å². The highest BCUT2D eigenvalue weighted by Gasteiger charge is 2.33. The molecule has 1 atom stereocenters. The second-order valence-corrected chi connectivity index (χ2v) is 8.16. The van der Waals surface area contributed by atoms with Crippen LogP contribution in [0.1, 0.15) is 37.3 Å². The van der Waals surface area contributed by atoms with Gasteiger partial charge in [0, 0.05) is 30.5 Å². The lowest BCUT2D eigenvalue weighted by Gasteiger charge is -2.37. The van der Waals surface area contributed by atoms with E-state index in [0.717, 1.165) is 12.0 Å². The van der Waals surface area contributed by atoms with Crippen molar-refractivity contribution in [2.45, 2.75) is 39.3 Å². The van der Waals surface area contributed by atoms with Gasteiger partial charge in [-0.3, -0.25) is 9.59 Å². The summed E-state index contributed by atoms with van der Waals surface area (Å²) < 4.78 is 19.3. The number of fused-ring (bicyclic) bond motifs is 1. The van der Waals surface area contributed by atoms with Crippen molar-refractivity contribution in [3.63, 3.8) is 0 Å². The number of halogens is 1. The van der Waals surface area contributed by atoms with Gasteiger partial charge in [-0.2, -0.15) is 0 Å². The van der Waals surface area contributed by atoms with Gasteiger partial charge in [0.05, 0.1) is 12.6 Å². The molecule has 1 aromatic heterocycles. The molecule has 0 saturated carbocycles. The average molecular weight is 405 g/mol. The van der Waals surface area contributed by atoms with E-state index in [2.05, 4.69) is 0 Å². The largest absolute Gasteiger partial charge is 0.491 e. The van der Waals surface area contributed by atoms with Crippen molar-refractivity contribution in [1.82, 2.24) is 9.80 Å². The molecule has 0 aliphatic carbocycles. The van der Waals surface area contributed by atoms with Crippen LogP contribution in [0.15, 0.2) is 35.7 Å². The van der Waals surface area contributed by atoms with Gasteiger partial charge in [-0.1, -0.05) is 6.07 Å². The fraction of sp³-hybridized carbons (Fsp3) is 0.429. The van der Waals surface area contributed by atoms with E-state index in [0.29, 0.717) is 12.3 Å². The Balaban J connectivity index is 1.78. The van der Waals surface area contributed by atoms with E-state index in [9.17, 15) is 14.0 Å². The number of thiophene rings is 1. The normalized spacial score (nSPS) is 16.0. The predicted molar refractivity (Wildman–Crippen MR) is 107 cm³/mol. The Morgan fingerprint density at radius 1 is 1.36 bits per heavy atom. The summed E-state index contributed by atoms with van der Waals surface area (Å²) in [6.45, 7) is 6.13. The highest BCUT2D eigenvalue weighted by atomic mass is 32.1. The van der Waals surface area contributed by atoms with Crippen LogP contribution in [0.25, 0.3) is 0 Å². The van der Waals surface area contributed by atoms with Crippen molar-refractivity contribution in [3.8, 4) is 5.75 Å². The first kappa shape index (κ1) is 20.3. The van der Waals surface area contributed by atoms with E-state index < -0.39 is 0 Å². The van der Waals surface area contributed by atoms with Crippen LogP contribution in [-0.2, 0) is 16.0 Å². The Morgan fingerprint density at radius 2 is 2.14 bits per heavy atom. The SMILES string of the molecule is CC(=O)N(CC(=O)N1CCc2sccc2C1COc1cccc(F)c1)C(C)C. The Labute approximate surface area is 168 Å². The Bertz CT molecular complexity index is 852. The number of hydrogen-bond acceptors (Lipinski definition) is 4. The summed E-state index contributed by atoms with van der Waals surface area (Å²) in [5.41, 5.74) is 1.07. The third-order valence-electron chi connectivity index (χ3n) is 4.95. The predicted octanol–water partition coefficient (Wildman–Crippen LogP) is 3.65. The molecule has 7 heteroatoms. The lowest BCUT2D eigenvalue weighted by atomic mass is 10.0. The van der Waals surface area contributed by atoms with Crippen molar-refractivity contribution in [2.75, 3.05) is 19.7 Å². The van der Waals surface area contributed by atoms with Crippen LogP contribution in [0.2, 0.25) is 0 Å². The maximum Gasteiger partial charge on any atom is 0.242 e. The lowest BCUT2D eigenvalue weighted by molar-refractivity contribution is -0.143. The Morgan fingerprint density at radius 3 is 2.82 bits per heavy atom. The monoisotopic (exact) mass is 404 g/mol. The van der Waals surface area contributed by atoms with E-state index in [1.165, 1.54) is 23.9 Å². The van der Waals surface area contributed by atoms with Gasteiger partial charge in [-0.25, -0.2) is 4.39 Å². The number of benzene rings is 1. The molecule has 1 aromatic carbocycles. The molecule has 150 valence electrons. The van der Waals surface area contributed by atoms with Gasteiger partial charge in [0.25, 0.3) is 0 Å². The van der Waals surface area contributed by atoms with Gasteiger partial charge >= 0.3 is 0 Å². The minimum Gasteiger partial charge on any atom is -0.491 e. The van der Waals surface area contributed by atoms with E-state index in [1.807, 2.05) is 25.3 Å². The summed E-state index contributed by atoms with van der Waals surface area (Å²) in [7, 11) is 0. The third kappa shape index (κ3) is 4.52. The van der Waals surface area contributed by atoms with Crippen LogP contribution in [0.4, 0.5) is 4.39 Å². The molecule has 0 fully saturated rings. The lowest BCUT2D eigenvalue weighted by Crippen LogP contribution is -2.49. The highest BCUT2D eigenvalue weighted by Crippen LogP contribution is 2.34. The van der Waals surface area contributed by atoms with Gasteiger partial charge in [0.15, 0.2) is 0 Å². The van der Waals surface area contributed by atoms with Crippen LogP contribution in [0.3, 0.4) is 0 Å². The smallest absolute Gasteiger partial charge is 0.242 e. The quantitative estimate of drug-likeness (QED) is 0.739. The zero-order valence-electron chi connectivity index (χ0n) is 16.4. The molecule has 2 heterocycles. The van der Waals surface area contributed by atoms with Gasteiger partial charge in [0.1, 0.15) is 18.2 Å². The first-order valence-corrected chi connectivity index (χ1v) is 10.3. The number of carbonyl (C=O) groups is 2. The van der Waals surface area contributed by atoms with E-state index in [1.54, 1.807) is 33.3 Å². The fourth-order valence-electron chi connectivity index (χ4n) is 3.50. The van der Waals surface area contributed by atoms with Crippen molar-refractivity contribution in [2.24, 2.45) is 0 Å². The summed E-state index contributed by atoms with van der Waals surface area (Å²) in [4.78, 5) is 29.5. The number of carbonyl (C=O) groups excluding carboxylic acids is 2. The summed E-state index contributed by atoms with van der Waals surface area (Å²) in [5.74, 6) is -0.153. The van der Waals surface area contributed by atoms with Crippen LogP contribution in [-0.4, -0.2) is 47.4 Å². The molecule has 0 saturated heterocycles. The first-order valence-electron chi connectivity index (χ1n) is 9.38. The molecular weight excluding hydrogens is 379 g/mol. The summed E-state index contributed by atoms with van der Waals surface area (Å²) in [6, 6.07) is 7.70. The second kappa shape index (κ2) is 8.73. The van der Waals surface area contributed by atoms with Gasteiger partial charge in [-0.15, -0.1) is 11.3 Å². The first-order chi connectivity index (χ1) is 13.4. The van der Waals surface area contributed by atoms with Gasteiger partial charge in [0.2, 0.25) is 11.8 Å². The molecule has 0 bridgehead atoms. The number of nitrogens with zero attached hydrogens (tertiary/aromatic N) is 2. The molecule has 1 unspecified atom stereocenters. The zero-order valence-corrected chi connectivity index (χ0v) is 17.2. The number of amides is 2. The molecular formula is C21H25FN2O3S. The molecule has 5 nitrogen and oxygen atoms in total. The summed E-state index contributed by atoms with van der Waals surface area (Å²) >= 11 is 1.67. The van der Waals surface area contributed by atoms with Crippen LogP contribution >= 0.6 is 11.3 Å². The molecule has 1 aliphatic heterocycles. The van der Waals surface area contributed by atoms with E-state index >= 15 is 0 Å². The van der Waals surface area contributed by atoms with Gasteiger partial charge < -0.3 is 14.5 Å². The third-order valence-corrected chi connectivity index (χ3v) is 5.95. The van der Waals surface area contributed by atoms with Crippen molar-refractivity contribution < 1.29 is 18.7 Å².